The molecule has 0 bridgehead atoms. The fourth-order valence-corrected chi connectivity index (χ4v) is 2.74. The van der Waals surface area contributed by atoms with Crippen LogP contribution in [0, 0.1) is 3.57 Å². The van der Waals surface area contributed by atoms with Crippen LogP contribution in [0.3, 0.4) is 0 Å². The Morgan fingerprint density at radius 1 is 1.62 bits per heavy atom. The molecule has 1 heterocycles. The molecule has 0 aliphatic rings. The van der Waals surface area contributed by atoms with Gasteiger partial charge in [-0.1, -0.05) is 15.9 Å². The van der Waals surface area contributed by atoms with Crippen molar-refractivity contribution in [1.29, 1.82) is 0 Å². The Labute approximate surface area is 95.6 Å². The zero-order valence-electron chi connectivity index (χ0n) is 6.27. The Hall–Kier alpha value is 0.0200. The van der Waals surface area contributed by atoms with Gasteiger partial charge in [0.15, 0.2) is 0 Å². The molecule has 0 amide bonds. The van der Waals surface area contributed by atoms with Crippen molar-refractivity contribution in [2.75, 3.05) is 0 Å². The van der Waals surface area contributed by atoms with Gasteiger partial charge in [0.1, 0.15) is 11.4 Å². The van der Waals surface area contributed by atoms with Crippen molar-refractivity contribution in [3.8, 4) is 5.75 Å². The zero-order chi connectivity index (χ0) is 10.0. The molecule has 0 aliphatic heterocycles. The van der Waals surface area contributed by atoms with Crippen LogP contribution < -0.4 is 0 Å². The third-order valence-corrected chi connectivity index (χ3v) is 3.23. The van der Waals surface area contributed by atoms with Gasteiger partial charge in [-0.25, -0.2) is 8.78 Å². The maximum absolute atomic E-state index is 12.3. The molecule has 0 radical (unpaired) electrons. The van der Waals surface area contributed by atoms with Crippen molar-refractivity contribution in [3.63, 3.8) is 0 Å². The van der Waals surface area contributed by atoms with Crippen molar-refractivity contribution in [2.24, 2.45) is 0 Å². The highest BCUT2D eigenvalue weighted by Gasteiger charge is 2.17. The van der Waals surface area contributed by atoms with Gasteiger partial charge in [0.25, 0.3) is 6.43 Å². The lowest BCUT2D eigenvalue weighted by Crippen LogP contribution is -1.98. The Kier molecular flexibility index (Phi) is 3.84. The third-order valence-electron chi connectivity index (χ3n) is 1.47. The summed E-state index contributed by atoms with van der Waals surface area (Å²) >= 11 is 4.85. The number of alkyl halides is 3. The maximum Gasteiger partial charge on any atom is 0.281 e. The third kappa shape index (κ3) is 2.28. The van der Waals surface area contributed by atoms with E-state index in [4.69, 9.17) is 0 Å². The lowest BCUT2D eigenvalue weighted by molar-refractivity contribution is 0.144. The zero-order valence-corrected chi connectivity index (χ0v) is 10.0. The Bertz CT molecular complexity index is 322. The molecule has 0 aromatic carbocycles. The van der Waals surface area contributed by atoms with Crippen LogP contribution in [0.15, 0.2) is 6.20 Å². The quantitative estimate of drug-likeness (QED) is 0.646. The summed E-state index contributed by atoms with van der Waals surface area (Å²) in [5.74, 6) is -0.0642. The minimum Gasteiger partial charge on any atom is -0.506 e. The van der Waals surface area contributed by atoms with Crippen molar-refractivity contribution in [1.82, 2.24) is 4.98 Å². The van der Waals surface area contributed by atoms with Gasteiger partial charge in [0.05, 0.1) is 6.20 Å². The van der Waals surface area contributed by atoms with E-state index in [1.54, 1.807) is 22.6 Å². The van der Waals surface area contributed by atoms with Crippen LogP contribution in [0.4, 0.5) is 8.78 Å². The van der Waals surface area contributed by atoms with Crippen LogP contribution in [0.5, 0.6) is 5.75 Å². The predicted molar refractivity (Wildman–Crippen MR) is 56.2 cm³/mol. The monoisotopic (exact) mass is 363 g/mol. The Morgan fingerprint density at radius 2 is 2.23 bits per heavy atom. The van der Waals surface area contributed by atoms with Crippen molar-refractivity contribution in [2.45, 2.75) is 11.8 Å². The first-order valence-corrected chi connectivity index (χ1v) is 5.48. The first-order chi connectivity index (χ1) is 6.07. The fourth-order valence-electron chi connectivity index (χ4n) is 0.812. The molecular formula is C7H5BrF2INO. The predicted octanol–water partition coefficient (Wildman–Crippen LogP) is 3.22. The van der Waals surface area contributed by atoms with E-state index in [1.807, 2.05) is 0 Å². The van der Waals surface area contributed by atoms with Crippen LogP contribution in [-0.2, 0) is 5.33 Å². The highest BCUT2D eigenvalue weighted by Crippen LogP contribution is 2.30. The maximum atomic E-state index is 12.3. The number of aromatic nitrogens is 1. The molecule has 6 heteroatoms. The van der Waals surface area contributed by atoms with Crippen LogP contribution in [0.25, 0.3) is 0 Å². The van der Waals surface area contributed by atoms with Gasteiger partial charge in [0.2, 0.25) is 0 Å². The highest BCUT2D eigenvalue weighted by atomic mass is 127. The first kappa shape index (κ1) is 11.1. The van der Waals surface area contributed by atoms with E-state index in [0.717, 1.165) is 6.20 Å². The Balaban J connectivity index is 3.27. The summed E-state index contributed by atoms with van der Waals surface area (Å²) in [6.07, 6.45) is -1.56. The first-order valence-electron chi connectivity index (χ1n) is 3.28. The molecule has 1 N–H and O–H groups in total. The van der Waals surface area contributed by atoms with E-state index in [2.05, 4.69) is 20.9 Å². The van der Waals surface area contributed by atoms with Gasteiger partial charge >= 0.3 is 0 Å². The molecule has 0 unspecified atom stereocenters. The minimum atomic E-state index is -2.61. The highest BCUT2D eigenvalue weighted by molar-refractivity contribution is 14.1. The molecule has 2 nitrogen and oxygen atoms in total. The SMILES string of the molecule is Oc1cnc(C(F)F)c(I)c1CBr. The number of aromatic hydroxyl groups is 1. The van der Waals surface area contributed by atoms with Crippen molar-refractivity contribution >= 4 is 38.5 Å². The molecular weight excluding hydrogens is 359 g/mol. The largest absolute Gasteiger partial charge is 0.506 e. The van der Waals surface area contributed by atoms with Gasteiger partial charge in [-0.15, -0.1) is 0 Å². The smallest absolute Gasteiger partial charge is 0.281 e. The topological polar surface area (TPSA) is 33.1 Å². The van der Waals surface area contributed by atoms with E-state index < -0.39 is 6.43 Å². The molecule has 72 valence electrons. The molecule has 0 fully saturated rings. The summed E-state index contributed by atoms with van der Waals surface area (Å²) in [6.45, 7) is 0. The van der Waals surface area contributed by atoms with E-state index in [-0.39, 0.29) is 11.4 Å². The van der Waals surface area contributed by atoms with Crippen LogP contribution in [0.1, 0.15) is 17.7 Å². The molecule has 0 saturated carbocycles. The van der Waals surface area contributed by atoms with Crippen LogP contribution >= 0.6 is 38.5 Å². The molecule has 0 aliphatic carbocycles. The van der Waals surface area contributed by atoms with Crippen LogP contribution in [0.2, 0.25) is 0 Å². The van der Waals surface area contributed by atoms with Gasteiger partial charge in [0, 0.05) is 14.5 Å². The average Bonchev–Trinajstić information content (AvgIpc) is 2.04. The van der Waals surface area contributed by atoms with Gasteiger partial charge < -0.3 is 5.11 Å². The molecule has 13 heavy (non-hydrogen) atoms. The number of halogens is 4. The minimum absolute atomic E-state index is 0.0642. The fraction of sp³-hybridized carbons (Fsp3) is 0.286. The van der Waals surface area contributed by atoms with Gasteiger partial charge in [-0.05, 0) is 22.6 Å². The van der Waals surface area contributed by atoms with Gasteiger partial charge in [-0.2, -0.15) is 0 Å². The van der Waals surface area contributed by atoms with Gasteiger partial charge in [-0.3, -0.25) is 4.98 Å². The molecule has 1 rings (SSSR count). The second kappa shape index (κ2) is 4.50. The molecule has 0 spiro atoms. The van der Waals surface area contributed by atoms with E-state index in [1.165, 1.54) is 0 Å². The Morgan fingerprint density at radius 3 is 2.69 bits per heavy atom. The number of hydrogen-bond acceptors (Lipinski definition) is 2. The number of rotatable bonds is 2. The van der Waals surface area contributed by atoms with E-state index in [0.29, 0.717) is 14.5 Å². The lowest BCUT2D eigenvalue weighted by atomic mass is 10.2. The van der Waals surface area contributed by atoms with E-state index >= 15 is 0 Å². The van der Waals surface area contributed by atoms with Crippen molar-refractivity contribution < 1.29 is 13.9 Å². The molecule has 0 saturated heterocycles. The normalized spacial score (nSPS) is 10.8. The molecule has 0 atom stereocenters. The van der Waals surface area contributed by atoms with Crippen molar-refractivity contribution in [3.05, 3.63) is 21.0 Å². The summed E-state index contributed by atoms with van der Waals surface area (Å²) in [4.78, 5) is 3.46. The van der Waals surface area contributed by atoms with E-state index in [9.17, 15) is 13.9 Å². The second-order valence-electron chi connectivity index (χ2n) is 2.26. The summed E-state index contributed by atoms with van der Waals surface area (Å²) in [6, 6.07) is 0. The molecule has 1 aromatic rings. The summed E-state index contributed by atoms with van der Waals surface area (Å²) in [5.41, 5.74) is 0.166. The summed E-state index contributed by atoms with van der Waals surface area (Å²) in [5, 5.41) is 9.59. The molecule has 1 aromatic heterocycles. The number of pyridine rings is 1. The summed E-state index contributed by atoms with van der Waals surface area (Å²) < 4.78 is 24.9. The number of hydrogen-bond donors (Lipinski definition) is 1. The lowest BCUT2D eigenvalue weighted by Gasteiger charge is -2.07. The van der Waals surface area contributed by atoms with Crippen LogP contribution in [-0.4, -0.2) is 10.1 Å². The summed E-state index contributed by atoms with van der Waals surface area (Å²) in [7, 11) is 0. The standard InChI is InChI=1S/C7H5BrF2INO/c8-1-3-4(13)2-12-6(5(3)11)7(9)10/h2,7,13H,1H2. The number of nitrogens with zero attached hydrogens (tertiary/aromatic N) is 1. The second-order valence-corrected chi connectivity index (χ2v) is 3.90. The average molecular weight is 364 g/mol.